The Morgan fingerprint density at radius 3 is 2.88 bits per heavy atom. The van der Waals surface area contributed by atoms with Crippen LogP contribution in [0.3, 0.4) is 0 Å². The summed E-state index contributed by atoms with van der Waals surface area (Å²) in [7, 11) is 0. The number of halogens is 1. The Morgan fingerprint density at radius 1 is 1.44 bits per heavy atom. The summed E-state index contributed by atoms with van der Waals surface area (Å²) >= 11 is 6.01. The van der Waals surface area contributed by atoms with Crippen molar-refractivity contribution in [2.75, 3.05) is 11.1 Å². The predicted molar refractivity (Wildman–Crippen MR) is 65.5 cm³/mol. The number of nitrogens with zero attached hydrogens (tertiary/aromatic N) is 1. The molecule has 2 atom stereocenters. The highest BCUT2D eigenvalue weighted by Gasteiger charge is 2.23. The fourth-order valence-corrected chi connectivity index (χ4v) is 2.24. The maximum Gasteiger partial charge on any atom is 0.145 e. The van der Waals surface area contributed by atoms with Gasteiger partial charge in [0.25, 0.3) is 0 Å². The number of nitrogens with two attached hydrogens (primary N) is 1. The Labute approximate surface area is 99.8 Å². The van der Waals surface area contributed by atoms with Gasteiger partial charge in [-0.25, -0.2) is 4.98 Å². The molecular formula is C11H16ClN3O. The van der Waals surface area contributed by atoms with Crippen molar-refractivity contribution in [3.05, 3.63) is 17.3 Å². The molecule has 0 bridgehead atoms. The highest BCUT2D eigenvalue weighted by atomic mass is 35.5. The van der Waals surface area contributed by atoms with E-state index < -0.39 is 0 Å². The zero-order valence-electron chi connectivity index (χ0n) is 8.99. The van der Waals surface area contributed by atoms with Crippen molar-refractivity contribution >= 4 is 23.1 Å². The van der Waals surface area contributed by atoms with E-state index in [9.17, 15) is 5.11 Å². The molecule has 0 aliphatic heterocycles. The molecule has 1 aliphatic rings. The molecule has 2 rings (SSSR count). The van der Waals surface area contributed by atoms with Gasteiger partial charge in [0.2, 0.25) is 0 Å². The molecule has 1 aliphatic carbocycles. The summed E-state index contributed by atoms with van der Waals surface area (Å²) in [6, 6.07) is 1.70. The standard InChI is InChI=1S/C11H16ClN3O/c12-8-5-7(13)6-14-11(8)15-9-3-1-2-4-10(9)16/h5-6,9-10,16H,1-4,13H2,(H,14,15). The molecule has 5 heteroatoms. The molecule has 1 fully saturated rings. The number of hydrogen-bond acceptors (Lipinski definition) is 4. The minimum Gasteiger partial charge on any atom is -0.397 e. The molecule has 0 amide bonds. The quantitative estimate of drug-likeness (QED) is 0.741. The molecule has 4 N–H and O–H groups in total. The normalized spacial score (nSPS) is 25.4. The van der Waals surface area contributed by atoms with E-state index in [-0.39, 0.29) is 12.1 Å². The van der Waals surface area contributed by atoms with E-state index in [2.05, 4.69) is 10.3 Å². The summed E-state index contributed by atoms with van der Waals surface area (Å²) in [5.41, 5.74) is 6.11. The first-order valence-electron chi connectivity index (χ1n) is 5.52. The molecule has 1 aromatic heterocycles. The molecule has 0 saturated heterocycles. The Balaban J connectivity index is 2.07. The summed E-state index contributed by atoms with van der Waals surface area (Å²) in [5.74, 6) is 0.599. The Bertz CT molecular complexity index is 372. The Morgan fingerprint density at radius 2 is 2.19 bits per heavy atom. The van der Waals surface area contributed by atoms with Crippen LogP contribution in [-0.4, -0.2) is 22.2 Å². The number of hydrogen-bond donors (Lipinski definition) is 3. The van der Waals surface area contributed by atoms with Gasteiger partial charge in [-0.3, -0.25) is 0 Å². The van der Waals surface area contributed by atoms with E-state index in [1.807, 2.05) is 0 Å². The number of anilines is 2. The van der Waals surface area contributed by atoms with E-state index >= 15 is 0 Å². The number of pyridine rings is 1. The summed E-state index contributed by atoms with van der Waals surface area (Å²) in [5, 5.41) is 13.5. The Hall–Kier alpha value is -1.00. The lowest BCUT2D eigenvalue weighted by molar-refractivity contribution is 0.116. The van der Waals surface area contributed by atoms with E-state index in [1.54, 1.807) is 12.3 Å². The molecule has 0 aromatic carbocycles. The maximum atomic E-state index is 9.82. The number of nitrogens with one attached hydrogen (secondary N) is 1. The molecule has 1 saturated carbocycles. The molecule has 1 aromatic rings. The first-order chi connectivity index (χ1) is 7.66. The van der Waals surface area contributed by atoms with Gasteiger partial charge in [0.15, 0.2) is 0 Å². The second-order valence-electron chi connectivity index (χ2n) is 4.20. The SMILES string of the molecule is Nc1cnc(NC2CCCCC2O)c(Cl)c1. The van der Waals surface area contributed by atoms with Gasteiger partial charge in [-0.15, -0.1) is 0 Å². The smallest absolute Gasteiger partial charge is 0.145 e. The van der Waals surface area contributed by atoms with E-state index in [1.165, 1.54) is 0 Å². The zero-order valence-corrected chi connectivity index (χ0v) is 9.74. The molecule has 0 radical (unpaired) electrons. The lowest BCUT2D eigenvalue weighted by Gasteiger charge is -2.29. The molecule has 2 unspecified atom stereocenters. The number of nitrogen functional groups attached to an aromatic ring is 1. The molecule has 16 heavy (non-hydrogen) atoms. The minimum atomic E-state index is -0.316. The van der Waals surface area contributed by atoms with Gasteiger partial charge in [-0.2, -0.15) is 0 Å². The van der Waals surface area contributed by atoms with Crippen LogP contribution >= 0.6 is 11.6 Å². The number of aromatic nitrogens is 1. The summed E-state index contributed by atoms with van der Waals surface area (Å²) in [6.45, 7) is 0. The van der Waals surface area contributed by atoms with Crippen molar-refractivity contribution in [2.24, 2.45) is 0 Å². The van der Waals surface area contributed by atoms with Gasteiger partial charge >= 0.3 is 0 Å². The van der Waals surface area contributed by atoms with Crippen LogP contribution in [0, 0.1) is 0 Å². The predicted octanol–water partition coefficient (Wildman–Crippen LogP) is 2.03. The molecular weight excluding hydrogens is 226 g/mol. The molecule has 0 spiro atoms. The monoisotopic (exact) mass is 241 g/mol. The minimum absolute atomic E-state index is 0.0439. The first-order valence-corrected chi connectivity index (χ1v) is 5.90. The topological polar surface area (TPSA) is 71.2 Å². The van der Waals surface area contributed by atoms with Crippen LogP contribution in [0.25, 0.3) is 0 Å². The fourth-order valence-electron chi connectivity index (χ4n) is 2.01. The summed E-state index contributed by atoms with van der Waals surface area (Å²) < 4.78 is 0. The second kappa shape index (κ2) is 4.89. The summed E-state index contributed by atoms with van der Waals surface area (Å²) in [4.78, 5) is 4.13. The third-order valence-electron chi connectivity index (χ3n) is 2.91. The highest BCUT2D eigenvalue weighted by molar-refractivity contribution is 6.33. The van der Waals surface area contributed by atoms with Gasteiger partial charge in [0.05, 0.1) is 29.1 Å². The van der Waals surface area contributed by atoms with E-state index in [0.29, 0.717) is 16.5 Å². The lowest BCUT2D eigenvalue weighted by Crippen LogP contribution is -2.36. The molecule has 4 nitrogen and oxygen atoms in total. The maximum absolute atomic E-state index is 9.82. The van der Waals surface area contributed by atoms with Crippen LogP contribution in [0.1, 0.15) is 25.7 Å². The lowest BCUT2D eigenvalue weighted by atomic mass is 9.92. The Kier molecular flexibility index (Phi) is 3.51. The van der Waals surface area contributed by atoms with E-state index in [0.717, 1.165) is 25.7 Å². The zero-order chi connectivity index (χ0) is 11.5. The highest BCUT2D eigenvalue weighted by Crippen LogP contribution is 2.26. The van der Waals surface area contributed by atoms with Gasteiger partial charge in [0, 0.05) is 0 Å². The van der Waals surface area contributed by atoms with Gasteiger partial charge in [-0.05, 0) is 18.9 Å². The van der Waals surface area contributed by atoms with Crippen molar-refractivity contribution in [2.45, 2.75) is 37.8 Å². The average Bonchev–Trinajstić information content (AvgIpc) is 2.25. The van der Waals surface area contributed by atoms with Crippen LogP contribution in [-0.2, 0) is 0 Å². The largest absolute Gasteiger partial charge is 0.397 e. The number of rotatable bonds is 2. The van der Waals surface area contributed by atoms with Crippen LogP contribution < -0.4 is 11.1 Å². The van der Waals surface area contributed by atoms with Crippen LogP contribution in [0.5, 0.6) is 0 Å². The van der Waals surface area contributed by atoms with Gasteiger partial charge in [-0.1, -0.05) is 24.4 Å². The van der Waals surface area contributed by atoms with Gasteiger partial charge < -0.3 is 16.2 Å². The van der Waals surface area contributed by atoms with Crippen molar-refractivity contribution in [3.8, 4) is 0 Å². The molecule has 1 heterocycles. The second-order valence-corrected chi connectivity index (χ2v) is 4.61. The van der Waals surface area contributed by atoms with Crippen LogP contribution in [0.15, 0.2) is 12.3 Å². The average molecular weight is 242 g/mol. The molecule has 88 valence electrons. The van der Waals surface area contributed by atoms with Crippen molar-refractivity contribution < 1.29 is 5.11 Å². The third-order valence-corrected chi connectivity index (χ3v) is 3.20. The third kappa shape index (κ3) is 2.57. The van der Waals surface area contributed by atoms with Gasteiger partial charge in [0.1, 0.15) is 5.82 Å². The van der Waals surface area contributed by atoms with Crippen LogP contribution in [0.2, 0.25) is 5.02 Å². The first kappa shape index (κ1) is 11.5. The van der Waals surface area contributed by atoms with Crippen molar-refractivity contribution in [1.82, 2.24) is 4.98 Å². The van der Waals surface area contributed by atoms with Crippen molar-refractivity contribution in [3.63, 3.8) is 0 Å². The number of aliphatic hydroxyl groups excluding tert-OH is 1. The van der Waals surface area contributed by atoms with Crippen LogP contribution in [0.4, 0.5) is 11.5 Å². The fraction of sp³-hybridized carbons (Fsp3) is 0.545. The van der Waals surface area contributed by atoms with Crippen molar-refractivity contribution in [1.29, 1.82) is 0 Å². The number of aliphatic hydroxyl groups is 1. The summed E-state index contributed by atoms with van der Waals surface area (Å²) in [6.07, 6.45) is 5.24. The van der Waals surface area contributed by atoms with E-state index in [4.69, 9.17) is 17.3 Å².